The molecule has 1 aliphatic carbocycles. The third kappa shape index (κ3) is 3.68. The topological polar surface area (TPSA) is 89.0 Å². The Balaban J connectivity index is 1.62. The van der Waals surface area contributed by atoms with Crippen molar-refractivity contribution in [1.29, 1.82) is 0 Å². The molecule has 2 aromatic heterocycles. The van der Waals surface area contributed by atoms with Crippen molar-refractivity contribution in [3.63, 3.8) is 0 Å². The molecule has 142 valence electrons. The zero-order valence-corrected chi connectivity index (χ0v) is 15.7. The van der Waals surface area contributed by atoms with Crippen molar-refractivity contribution in [2.24, 2.45) is 5.73 Å². The minimum absolute atomic E-state index is 0.102. The summed E-state index contributed by atoms with van der Waals surface area (Å²) in [6.45, 7) is 2.17. The molecule has 4 rings (SSSR count). The molecular formula is C21H27N5O. The van der Waals surface area contributed by atoms with Crippen LogP contribution in [0.1, 0.15) is 44.1 Å². The van der Waals surface area contributed by atoms with Crippen LogP contribution in [-0.4, -0.2) is 38.3 Å². The van der Waals surface area contributed by atoms with Crippen molar-refractivity contribution in [1.82, 2.24) is 14.5 Å². The summed E-state index contributed by atoms with van der Waals surface area (Å²) in [4.78, 5) is 9.13. The monoisotopic (exact) mass is 365 g/mol. The maximum Gasteiger partial charge on any atom is 0.224 e. The molecule has 6 heteroatoms. The van der Waals surface area contributed by atoms with Crippen LogP contribution >= 0.6 is 0 Å². The second-order valence-electron chi connectivity index (χ2n) is 7.54. The first-order valence-electron chi connectivity index (χ1n) is 9.72. The Bertz CT molecular complexity index is 914. The molecule has 2 heterocycles. The number of aliphatic hydroxyl groups excluding tert-OH is 1. The van der Waals surface area contributed by atoms with E-state index in [9.17, 15) is 5.11 Å². The zero-order valence-electron chi connectivity index (χ0n) is 15.7. The Morgan fingerprint density at radius 1 is 1.22 bits per heavy atom. The van der Waals surface area contributed by atoms with Gasteiger partial charge in [0.15, 0.2) is 0 Å². The highest BCUT2D eigenvalue weighted by molar-refractivity contribution is 5.85. The number of nitrogens with two attached hydrogens (primary N) is 1. The van der Waals surface area contributed by atoms with Crippen molar-refractivity contribution in [3.05, 3.63) is 48.3 Å². The van der Waals surface area contributed by atoms with Gasteiger partial charge >= 0.3 is 0 Å². The van der Waals surface area contributed by atoms with Crippen LogP contribution in [0.2, 0.25) is 0 Å². The van der Waals surface area contributed by atoms with Gasteiger partial charge in [-0.25, -0.2) is 4.98 Å². The average molecular weight is 365 g/mol. The first kappa shape index (κ1) is 17.9. The Hall–Kier alpha value is -2.44. The van der Waals surface area contributed by atoms with Crippen molar-refractivity contribution in [3.8, 4) is 5.82 Å². The first-order valence-corrected chi connectivity index (χ1v) is 9.72. The van der Waals surface area contributed by atoms with E-state index in [2.05, 4.69) is 33.1 Å². The number of hydrogen-bond acceptors (Lipinski definition) is 5. The second-order valence-corrected chi connectivity index (χ2v) is 7.54. The van der Waals surface area contributed by atoms with Gasteiger partial charge in [-0.05, 0) is 49.4 Å². The van der Waals surface area contributed by atoms with Crippen molar-refractivity contribution >= 4 is 16.9 Å². The van der Waals surface area contributed by atoms with Crippen LogP contribution in [-0.2, 0) is 0 Å². The largest absolute Gasteiger partial charge is 0.396 e. The molecule has 0 saturated heterocycles. The van der Waals surface area contributed by atoms with E-state index in [1.807, 2.05) is 25.3 Å². The standard InChI is InChI=1S/C21H27N5O/c1-14(13-27)17-3-2-4-19-18(17)10-12-26(19)20-9-11-23-21(25-20)24-16-7-5-15(22)6-8-16/h2-4,9-12,14-16,27H,5-8,13,22H2,1H3,(H,23,24,25). The molecule has 6 nitrogen and oxygen atoms in total. The van der Waals surface area contributed by atoms with Crippen LogP contribution < -0.4 is 11.1 Å². The number of hydrogen-bond donors (Lipinski definition) is 3. The van der Waals surface area contributed by atoms with Gasteiger partial charge in [-0.15, -0.1) is 0 Å². The summed E-state index contributed by atoms with van der Waals surface area (Å²) >= 11 is 0. The highest BCUT2D eigenvalue weighted by Gasteiger charge is 2.19. The fourth-order valence-electron chi connectivity index (χ4n) is 3.92. The van der Waals surface area contributed by atoms with Gasteiger partial charge in [-0.3, -0.25) is 0 Å². The lowest BCUT2D eigenvalue weighted by Gasteiger charge is -2.26. The minimum Gasteiger partial charge on any atom is -0.396 e. The van der Waals surface area contributed by atoms with Crippen molar-refractivity contribution < 1.29 is 5.11 Å². The summed E-state index contributed by atoms with van der Waals surface area (Å²) in [5.41, 5.74) is 8.23. The van der Waals surface area contributed by atoms with Gasteiger partial charge in [0, 0.05) is 42.4 Å². The Kier molecular flexibility index (Phi) is 5.09. The van der Waals surface area contributed by atoms with E-state index < -0.39 is 0 Å². The van der Waals surface area contributed by atoms with E-state index in [0.717, 1.165) is 48.0 Å². The number of nitrogens with zero attached hydrogens (tertiary/aromatic N) is 3. The number of rotatable bonds is 5. The summed E-state index contributed by atoms with van der Waals surface area (Å²) < 4.78 is 2.08. The Morgan fingerprint density at radius 3 is 2.81 bits per heavy atom. The SMILES string of the molecule is CC(CO)c1cccc2c1ccn2-c1ccnc(NC2CCC(N)CC2)n1. The van der Waals surface area contributed by atoms with E-state index in [1.165, 1.54) is 0 Å². The first-order chi connectivity index (χ1) is 13.2. The smallest absolute Gasteiger partial charge is 0.224 e. The van der Waals surface area contributed by atoms with E-state index in [1.54, 1.807) is 6.20 Å². The number of anilines is 1. The third-order valence-electron chi connectivity index (χ3n) is 5.56. The summed E-state index contributed by atoms with van der Waals surface area (Å²) in [7, 11) is 0. The summed E-state index contributed by atoms with van der Waals surface area (Å²) in [6, 6.07) is 10.9. The molecule has 3 aromatic rings. The van der Waals surface area contributed by atoms with Crippen LogP contribution in [0.4, 0.5) is 5.95 Å². The average Bonchev–Trinajstić information content (AvgIpc) is 3.13. The van der Waals surface area contributed by atoms with Gasteiger partial charge < -0.3 is 20.7 Å². The third-order valence-corrected chi connectivity index (χ3v) is 5.56. The predicted octanol–water partition coefficient (Wildman–Crippen LogP) is 3.20. The number of aliphatic hydroxyl groups is 1. The lowest BCUT2D eigenvalue weighted by molar-refractivity contribution is 0.273. The van der Waals surface area contributed by atoms with Crippen LogP contribution in [0.3, 0.4) is 0 Å². The Morgan fingerprint density at radius 2 is 2.04 bits per heavy atom. The van der Waals surface area contributed by atoms with Gasteiger partial charge in [-0.2, -0.15) is 4.98 Å². The van der Waals surface area contributed by atoms with E-state index in [0.29, 0.717) is 18.0 Å². The van der Waals surface area contributed by atoms with Crippen LogP contribution in [0, 0.1) is 0 Å². The predicted molar refractivity (Wildman–Crippen MR) is 108 cm³/mol. The number of fused-ring (bicyclic) bond motifs is 1. The molecule has 1 aromatic carbocycles. The zero-order chi connectivity index (χ0) is 18.8. The summed E-state index contributed by atoms with van der Waals surface area (Å²) in [6.07, 6.45) is 8.04. The van der Waals surface area contributed by atoms with Gasteiger partial charge in [-0.1, -0.05) is 19.1 Å². The lowest BCUT2D eigenvalue weighted by atomic mass is 9.92. The molecule has 0 radical (unpaired) electrons. The van der Waals surface area contributed by atoms with E-state index >= 15 is 0 Å². The fraction of sp³-hybridized carbons (Fsp3) is 0.429. The molecule has 0 aliphatic heterocycles. The second kappa shape index (κ2) is 7.66. The summed E-state index contributed by atoms with van der Waals surface area (Å²) in [5.74, 6) is 1.60. The van der Waals surface area contributed by atoms with Crippen molar-refractivity contribution in [2.45, 2.75) is 50.6 Å². The molecule has 0 bridgehead atoms. The molecule has 0 spiro atoms. The molecule has 0 amide bonds. The number of nitrogens with one attached hydrogen (secondary N) is 1. The van der Waals surface area contributed by atoms with Crippen LogP contribution in [0.5, 0.6) is 0 Å². The number of aromatic nitrogens is 3. The number of benzene rings is 1. The van der Waals surface area contributed by atoms with Gasteiger partial charge in [0.1, 0.15) is 5.82 Å². The van der Waals surface area contributed by atoms with E-state index in [-0.39, 0.29) is 12.5 Å². The molecule has 1 atom stereocenters. The highest BCUT2D eigenvalue weighted by Crippen LogP contribution is 2.28. The quantitative estimate of drug-likeness (QED) is 0.646. The van der Waals surface area contributed by atoms with Gasteiger partial charge in [0.05, 0.1) is 5.52 Å². The van der Waals surface area contributed by atoms with Crippen LogP contribution in [0.15, 0.2) is 42.7 Å². The molecule has 4 N–H and O–H groups in total. The molecular weight excluding hydrogens is 338 g/mol. The lowest BCUT2D eigenvalue weighted by Crippen LogP contribution is -2.33. The normalized spacial score (nSPS) is 21.3. The maximum atomic E-state index is 9.54. The molecule has 1 unspecified atom stereocenters. The fourth-order valence-corrected chi connectivity index (χ4v) is 3.92. The van der Waals surface area contributed by atoms with Crippen LogP contribution in [0.25, 0.3) is 16.7 Å². The molecule has 1 aliphatic rings. The maximum absolute atomic E-state index is 9.54. The van der Waals surface area contributed by atoms with Crippen molar-refractivity contribution in [2.75, 3.05) is 11.9 Å². The van der Waals surface area contributed by atoms with Gasteiger partial charge in [0.2, 0.25) is 5.95 Å². The Labute approximate surface area is 159 Å². The molecule has 1 fully saturated rings. The molecule has 27 heavy (non-hydrogen) atoms. The summed E-state index contributed by atoms with van der Waals surface area (Å²) in [5, 5.41) is 14.1. The van der Waals surface area contributed by atoms with E-state index in [4.69, 9.17) is 10.7 Å². The van der Waals surface area contributed by atoms with Gasteiger partial charge in [0.25, 0.3) is 0 Å². The highest BCUT2D eigenvalue weighted by atomic mass is 16.3. The minimum atomic E-state index is 0.102. The molecule has 1 saturated carbocycles.